The molecule has 0 aliphatic carbocycles. The Balaban J connectivity index is 1.37. The molecule has 3 heterocycles. The minimum absolute atomic E-state index is 0.210. The van der Waals surface area contributed by atoms with E-state index in [4.69, 9.17) is 0 Å². The van der Waals surface area contributed by atoms with Crippen LogP contribution in [0.15, 0.2) is 36.7 Å². The highest BCUT2D eigenvalue weighted by Gasteiger charge is 2.33. The van der Waals surface area contributed by atoms with Gasteiger partial charge in [-0.3, -0.25) is 19.7 Å². The summed E-state index contributed by atoms with van der Waals surface area (Å²) in [7, 11) is 0. The fourth-order valence-electron chi connectivity index (χ4n) is 3.39. The Labute approximate surface area is 202 Å². The number of nitrogens with one attached hydrogen (secondary N) is 1. The van der Waals surface area contributed by atoms with E-state index in [1.54, 1.807) is 24.2 Å². The van der Waals surface area contributed by atoms with E-state index in [0.717, 1.165) is 17.0 Å². The smallest absolute Gasteiger partial charge is 0.406 e. The molecule has 3 aromatic rings. The molecule has 1 saturated heterocycles. The second kappa shape index (κ2) is 9.86. The van der Waals surface area contributed by atoms with Crippen molar-refractivity contribution in [1.29, 1.82) is 0 Å². The van der Waals surface area contributed by atoms with Crippen molar-refractivity contribution in [2.45, 2.75) is 33.3 Å². The van der Waals surface area contributed by atoms with Gasteiger partial charge < -0.3 is 15.0 Å². The SMILES string of the molecule is Cc1cnc(CNC(=O)c2sc(N3CCN(Cc4ccc(OC(F)(F)F)cc4)C3=O)nc2C)cn1. The van der Waals surface area contributed by atoms with Crippen molar-refractivity contribution in [3.63, 3.8) is 0 Å². The van der Waals surface area contributed by atoms with Gasteiger partial charge in [0.1, 0.15) is 10.6 Å². The normalized spacial score (nSPS) is 13.9. The number of benzene rings is 1. The van der Waals surface area contributed by atoms with E-state index in [0.29, 0.717) is 40.0 Å². The minimum atomic E-state index is -4.76. The predicted octanol–water partition coefficient (Wildman–Crippen LogP) is 3.82. The number of aromatic nitrogens is 3. The van der Waals surface area contributed by atoms with Gasteiger partial charge in [0.15, 0.2) is 5.13 Å². The molecule has 1 N–H and O–H groups in total. The Hall–Kier alpha value is -3.74. The van der Waals surface area contributed by atoms with Gasteiger partial charge in [0.25, 0.3) is 5.91 Å². The molecule has 0 spiro atoms. The van der Waals surface area contributed by atoms with Crippen molar-refractivity contribution in [2.24, 2.45) is 0 Å². The first-order chi connectivity index (χ1) is 16.6. The third-order valence-electron chi connectivity index (χ3n) is 5.11. The van der Waals surface area contributed by atoms with Crippen molar-refractivity contribution in [1.82, 2.24) is 25.2 Å². The molecule has 9 nitrogen and oxygen atoms in total. The van der Waals surface area contributed by atoms with Crippen LogP contribution >= 0.6 is 11.3 Å². The molecule has 0 atom stereocenters. The number of carbonyl (C=O) groups excluding carboxylic acids is 2. The number of halogens is 3. The van der Waals surface area contributed by atoms with E-state index in [1.165, 1.54) is 29.2 Å². The van der Waals surface area contributed by atoms with Gasteiger partial charge in [-0.1, -0.05) is 23.5 Å². The molecule has 13 heteroatoms. The highest BCUT2D eigenvalue weighted by Crippen LogP contribution is 2.30. The van der Waals surface area contributed by atoms with Crippen LogP contribution in [0.25, 0.3) is 0 Å². The lowest BCUT2D eigenvalue weighted by molar-refractivity contribution is -0.274. The topological polar surface area (TPSA) is 101 Å². The van der Waals surface area contributed by atoms with Crippen LogP contribution in [0.2, 0.25) is 0 Å². The second-order valence-electron chi connectivity index (χ2n) is 7.79. The molecule has 0 bridgehead atoms. The zero-order valence-electron chi connectivity index (χ0n) is 18.8. The van der Waals surface area contributed by atoms with Crippen molar-refractivity contribution in [2.75, 3.05) is 18.0 Å². The second-order valence-corrected chi connectivity index (χ2v) is 8.77. The highest BCUT2D eigenvalue weighted by molar-refractivity contribution is 7.17. The number of hydrogen-bond acceptors (Lipinski definition) is 7. The van der Waals surface area contributed by atoms with Crippen LogP contribution in [-0.2, 0) is 13.1 Å². The molecule has 1 fully saturated rings. The molecule has 1 aromatic carbocycles. The monoisotopic (exact) mass is 506 g/mol. The number of nitrogens with zero attached hydrogens (tertiary/aromatic N) is 5. The summed E-state index contributed by atoms with van der Waals surface area (Å²) in [6, 6.07) is 5.07. The predicted molar refractivity (Wildman–Crippen MR) is 121 cm³/mol. The number of urea groups is 1. The van der Waals surface area contributed by atoms with Crippen LogP contribution in [0.1, 0.15) is 32.3 Å². The number of hydrogen-bond donors (Lipinski definition) is 1. The lowest BCUT2D eigenvalue weighted by Crippen LogP contribution is -2.31. The van der Waals surface area contributed by atoms with E-state index < -0.39 is 6.36 Å². The first-order valence-electron chi connectivity index (χ1n) is 10.5. The Morgan fingerprint density at radius 3 is 2.54 bits per heavy atom. The van der Waals surface area contributed by atoms with Crippen LogP contribution in [0.3, 0.4) is 0 Å². The summed E-state index contributed by atoms with van der Waals surface area (Å²) >= 11 is 1.12. The standard InChI is InChI=1S/C22H21F3N6O3S/c1-13-9-27-16(10-26-13)11-28-19(32)18-14(2)29-20(35-18)31-8-7-30(21(31)33)12-15-3-5-17(6-4-15)34-22(23,24)25/h3-6,9-10H,7-8,11-12H2,1-2H3,(H,28,32). The molecular weight excluding hydrogens is 485 g/mol. The average molecular weight is 507 g/mol. The average Bonchev–Trinajstić information content (AvgIpc) is 3.36. The number of aryl methyl sites for hydroxylation is 2. The van der Waals surface area contributed by atoms with E-state index >= 15 is 0 Å². The molecule has 1 aliphatic heterocycles. The molecule has 1 aliphatic rings. The number of ether oxygens (including phenoxy) is 1. The van der Waals surface area contributed by atoms with Crippen LogP contribution in [0.5, 0.6) is 5.75 Å². The summed E-state index contributed by atoms with van der Waals surface area (Å²) < 4.78 is 40.8. The summed E-state index contributed by atoms with van der Waals surface area (Å²) in [4.78, 5) is 41.8. The van der Waals surface area contributed by atoms with Crippen LogP contribution in [-0.4, -0.2) is 51.2 Å². The van der Waals surface area contributed by atoms with E-state index in [-0.39, 0.29) is 30.8 Å². The van der Waals surface area contributed by atoms with Crippen LogP contribution in [0, 0.1) is 13.8 Å². The van der Waals surface area contributed by atoms with Gasteiger partial charge in [-0.05, 0) is 31.5 Å². The minimum Gasteiger partial charge on any atom is -0.406 e. The van der Waals surface area contributed by atoms with Gasteiger partial charge in [-0.2, -0.15) is 0 Å². The molecule has 35 heavy (non-hydrogen) atoms. The van der Waals surface area contributed by atoms with Gasteiger partial charge >= 0.3 is 12.4 Å². The lowest BCUT2D eigenvalue weighted by Gasteiger charge is -2.17. The zero-order valence-corrected chi connectivity index (χ0v) is 19.6. The maximum atomic E-state index is 12.9. The number of alkyl halides is 3. The number of thiazole rings is 1. The zero-order chi connectivity index (χ0) is 25.2. The Morgan fingerprint density at radius 1 is 1.14 bits per heavy atom. The lowest BCUT2D eigenvalue weighted by atomic mass is 10.2. The molecular formula is C22H21F3N6O3S. The van der Waals surface area contributed by atoms with Crippen molar-refractivity contribution < 1.29 is 27.5 Å². The molecule has 0 saturated carbocycles. The molecule has 0 radical (unpaired) electrons. The van der Waals surface area contributed by atoms with E-state index in [9.17, 15) is 22.8 Å². The first-order valence-corrected chi connectivity index (χ1v) is 11.3. The fourth-order valence-corrected chi connectivity index (χ4v) is 4.40. The highest BCUT2D eigenvalue weighted by atomic mass is 32.1. The fraction of sp³-hybridized carbons (Fsp3) is 0.318. The van der Waals surface area contributed by atoms with Crippen LogP contribution < -0.4 is 15.0 Å². The molecule has 0 unspecified atom stereocenters. The molecule has 2 aromatic heterocycles. The summed E-state index contributed by atoms with van der Waals surface area (Å²) in [5.41, 5.74) is 2.56. The third-order valence-corrected chi connectivity index (χ3v) is 6.29. The maximum Gasteiger partial charge on any atom is 0.573 e. The summed E-state index contributed by atoms with van der Waals surface area (Å²) in [5, 5.41) is 3.19. The van der Waals surface area contributed by atoms with E-state index in [2.05, 4.69) is 25.0 Å². The molecule has 3 amide bonds. The number of rotatable bonds is 7. The number of amides is 3. The Kier molecular flexibility index (Phi) is 6.87. The molecule has 184 valence electrons. The Morgan fingerprint density at radius 2 is 1.89 bits per heavy atom. The number of anilines is 1. The van der Waals surface area contributed by atoms with Crippen molar-refractivity contribution in [3.05, 3.63) is 64.2 Å². The summed E-state index contributed by atoms with van der Waals surface area (Å²) in [5.74, 6) is -0.646. The van der Waals surface area contributed by atoms with Crippen molar-refractivity contribution in [3.8, 4) is 5.75 Å². The Bertz CT molecular complexity index is 1210. The van der Waals surface area contributed by atoms with Gasteiger partial charge in [0.2, 0.25) is 0 Å². The first kappa shape index (κ1) is 24.4. The van der Waals surface area contributed by atoms with Gasteiger partial charge in [0.05, 0.1) is 29.8 Å². The number of carbonyl (C=O) groups is 2. The molecule has 4 rings (SSSR count). The maximum absolute atomic E-state index is 12.9. The largest absolute Gasteiger partial charge is 0.573 e. The summed E-state index contributed by atoms with van der Waals surface area (Å²) in [6.07, 6.45) is -1.55. The van der Waals surface area contributed by atoms with Gasteiger partial charge in [0, 0.05) is 25.8 Å². The van der Waals surface area contributed by atoms with Gasteiger partial charge in [-0.15, -0.1) is 13.2 Å². The van der Waals surface area contributed by atoms with E-state index in [1.807, 2.05) is 6.92 Å². The summed E-state index contributed by atoms with van der Waals surface area (Å²) in [6.45, 7) is 4.73. The third kappa shape index (κ3) is 6.04. The van der Waals surface area contributed by atoms with Crippen molar-refractivity contribution >= 4 is 28.4 Å². The van der Waals surface area contributed by atoms with Crippen LogP contribution in [0.4, 0.5) is 23.1 Å². The van der Waals surface area contributed by atoms with Gasteiger partial charge in [-0.25, -0.2) is 9.78 Å². The quantitative estimate of drug-likeness (QED) is 0.523.